The Morgan fingerprint density at radius 2 is 1.93 bits per heavy atom. The number of hydrogen-bond donors (Lipinski definition) is 1. The van der Waals surface area contributed by atoms with Crippen LogP contribution >= 0.6 is 0 Å². The second kappa shape index (κ2) is 7.19. The maximum absolute atomic E-state index is 12.9. The van der Waals surface area contributed by atoms with Gasteiger partial charge in [-0.25, -0.2) is 4.79 Å². The van der Waals surface area contributed by atoms with Gasteiger partial charge in [0.05, 0.1) is 18.2 Å². The minimum Gasteiger partial charge on any atom is -0.464 e. The molecule has 4 amide bonds. The average Bonchev–Trinajstić information content (AvgIpc) is 3.18. The lowest BCUT2D eigenvalue weighted by molar-refractivity contribution is -0.138. The predicted octanol–water partition coefficient (Wildman–Crippen LogP) is 1.89. The average molecular weight is 380 g/mol. The molecule has 1 saturated heterocycles. The smallest absolute Gasteiger partial charge is 0.325 e. The number of carbonyl (C=O) groups excluding carboxylic acids is 3. The first kappa shape index (κ1) is 19.2. The van der Waals surface area contributed by atoms with Crippen molar-refractivity contribution in [1.29, 1.82) is 5.26 Å². The van der Waals surface area contributed by atoms with E-state index in [1.165, 1.54) is 4.90 Å². The lowest BCUT2D eigenvalue weighted by atomic mass is 9.91. The summed E-state index contributed by atoms with van der Waals surface area (Å²) in [4.78, 5) is 40.1. The third-order valence-corrected chi connectivity index (χ3v) is 4.77. The molecule has 144 valence electrons. The quantitative estimate of drug-likeness (QED) is 0.797. The molecule has 2 aromatic rings. The van der Waals surface area contributed by atoms with Crippen LogP contribution in [0.1, 0.15) is 29.6 Å². The molecule has 1 unspecified atom stereocenters. The molecule has 1 aliphatic rings. The molecule has 28 heavy (non-hydrogen) atoms. The highest BCUT2D eigenvalue weighted by Crippen LogP contribution is 2.29. The second-order valence-corrected chi connectivity index (χ2v) is 6.90. The van der Waals surface area contributed by atoms with E-state index >= 15 is 0 Å². The van der Waals surface area contributed by atoms with Crippen LogP contribution in [-0.4, -0.2) is 41.2 Å². The zero-order valence-corrected chi connectivity index (χ0v) is 15.9. The van der Waals surface area contributed by atoms with E-state index in [9.17, 15) is 14.4 Å². The molecule has 8 nitrogen and oxygen atoms in total. The van der Waals surface area contributed by atoms with Gasteiger partial charge >= 0.3 is 6.03 Å². The number of amides is 4. The maximum Gasteiger partial charge on any atom is 0.325 e. The fraction of sp³-hybridized carbons (Fsp3) is 0.300. The van der Waals surface area contributed by atoms with Gasteiger partial charge in [0, 0.05) is 7.05 Å². The fourth-order valence-electron chi connectivity index (χ4n) is 3.06. The summed E-state index contributed by atoms with van der Waals surface area (Å²) in [6.07, 6.45) is 0. The molecule has 0 radical (unpaired) electrons. The molecule has 1 fully saturated rings. The predicted molar refractivity (Wildman–Crippen MR) is 98.7 cm³/mol. The Hall–Kier alpha value is -3.60. The van der Waals surface area contributed by atoms with E-state index in [2.05, 4.69) is 5.32 Å². The van der Waals surface area contributed by atoms with Gasteiger partial charge in [-0.05, 0) is 43.7 Å². The topological polar surface area (TPSA) is 107 Å². The number of furan rings is 1. The number of rotatable bonds is 5. The molecular formula is C20H20N4O4. The summed E-state index contributed by atoms with van der Waals surface area (Å²) in [5.74, 6) is 0.454. The Balaban J connectivity index is 1.72. The summed E-state index contributed by atoms with van der Waals surface area (Å²) >= 11 is 0. The van der Waals surface area contributed by atoms with Gasteiger partial charge in [-0.15, -0.1) is 0 Å². The van der Waals surface area contributed by atoms with Crippen LogP contribution < -0.4 is 5.32 Å². The van der Waals surface area contributed by atoms with Crippen molar-refractivity contribution in [3.63, 3.8) is 0 Å². The molecular weight excluding hydrogens is 360 g/mol. The zero-order valence-electron chi connectivity index (χ0n) is 15.9. The maximum atomic E-state index is 12.9. The van der Waals surface area contributed by atoms with Crippen LogP contribution in [-0.2, 0) is 21.7 Å². The monoisotopic (exact) mass is 380 g/mol. The van der Waals surface area contributed by atoms with E-state index in [4.69, 9.17) is 9.68 Å². The van der Waals surface area contributed by atoms with Crippen LogP contribution in [0.15, 0.2) is 40.8 Å². The third-order valence-electron chi connectivity index (χ3n) is 4.77. The first-order valence-corrected chi connectivity index (χ1v) is 8.68. The molecule has 1 aromatic heterocycles. The van der Waals surface area contributed by atoms with E-state index in [1.54, 1.807) is 50.4 Å². The number of hydrogen-bond acceptors (Lipinski definition) is 5. The van der Waals surface area contributed by atoms with Crippen molar-refractivity contribution in [2.24, 2.45) is 0 Å². The van der Waals surface area contributed by atoms with Crippen molar-refractivity contribution in [2.45, 2.75) is 25.9 Å². The molecule has 0 saturated carbocycles. The number of nitriles is 1. The van der Waals surface area contributed by atoms with Crippen molar-refractivity contribution in [3.8, 4) is 6.07 Å². The van der Waals surface area contributed by atoms with Crippen LogP contribution in [0.5, 0.6) is 0 Å². The Kier molecular flexibility index (Phi) is 4.92. The van der Waals surface area contributed by atoms with Crippen molar-refractivity contribution < 1.29 is 18.8 Å². The molecule has 0 spiro atoms. The van der Waals surface area contributed by atoms with Gasteiger partial charge in [0.15, 0.2) is 0 Å². The van der Waals surface area contributed by atoms with Crippen molar-refractivity contribution in [1.82, 2.24) is 15.1 Å². The van der Waals surface area contributed by atoms with Gasteiger partial charge in [0.25, 0.3) is 5.91 Å². The van der Waals surface area contributed by atoms with Crippen LogP contribution in [0.25, 0.3) is 0 Å². The molecule has 0 aliphatic carbocycles. The molecule has 0 bridgehead atoms. The van der Waals surface area contributed by atoms with Crippen LogP contribution in [0.2, 0.25) is 0 Å². The van der Waals surface area contributed by atoms with Gasteiger partial charge in [-0.1, -0.05) is 12.1 Å². The number of likely N-dealkylation sites (N-methyl/N-ethyl adjacent to an activating group) is 1. The van der Waals surface area contributed by atoms with Gasteiger partial charge in [-0.2, -0.15) is 5.26 Å². The normalized spacial score (nSPS) is 18.7. The number of imide groups is 1. The first-order valence-electron chi connectivity index (χ1n) is 8.68. The van der Waals surface area contributed by atoms with Gasteiger partial charge in [0.2, 0.25) is 5.91 Å². The molecule has 8 heteroatoms. The molecule has 1 aliphatic heterocycles. The van der Waals surface area contributed by atoms with Crippen molar-refractivity contribution >= 4 is 17.8 Å². The summed E-state index contributed by atoms with van der Waals surface area (Å²) in [6.45, 7) is 3.26. The van der Waals surface area contributed by atoms with Crippen LogP contribution in [0, 0.1) is 18.3 Å². The lowest BCUT2D eigenvalue weighted by Crippen LogP contribution is -2.43. The van der Waals surface area contributed by atoms with E-state index in [0.29, 0.717) is 16.9 Å². The molecule has 1 aromatic carbocycles. The molecule has 1 atom stereocenters. The standard InChI is InChI=1S/C20H20N4O4/c1-13-4-9-16(28-13)11-23(3)17(25)12-24-18(26)20(2,22-19(24)27)15-7-5-14(10-21)6-8-15/h4-9H,11-12H2,1-3H3,(H,22,27). The fourth-order valence-corrected chi connectivity index (χ4v) is 3.06. The molecule has 3 rings (SSSR count). The van der Waals surface area contributed by atoms with Gasteiger partial charge in [0.1, 0.15) is 23.6 Å². The van der Waals surface area contributed by atoms with Crippen molar-refractivity contribution in [2.75, 3.05) is 13.6 Å². The first-order chi connectivity index (χ1) is 13.2. The summed E-state index contributed by atoms with van der Waals surface area (Å²) in [5, 5.41) is 11.6. The minimum absolute atomic E-state index is 0.239. The largest absolute Gasteiger partial charge is 0.464 e. The van der Waals surface area contributed by atoms with E-state index < -0.39 is 17.5 Å². The second-order valence-electron chi connectivity index (χ2n) is 6.90. The Bertz CT molecular complexity index is 973. The van der Waals surface area contributed by atoms with Gasteiger partial charge in [-0.3, -0.25) is 14.5 Å². The Morgan fingerprint density at radius 1 is 1.25 bits per heavy atom. The number of urea groups is 1. The van der Waals surface area contributed by atoms with E-state index in [-0.39, 0.29) is 19.0 Å². The SMILES string of the molecule is Cc1ccc(CN(C)C(=O)CN2C(=O)NC(C)(c3ccc(C#N)cc3)C2=O)o1. The highest BCUT2D eigenvalue weighted by Gasteiger charge is 2.49. The third kappa shape index (κ3) is 3.47. The van der Waals surface area contributed by atoms with E-state index in [0.717, 1.165) is 10.7 Å². The van der Waals surface area contributed by atoms with Gasteiger partial charge < -0.3 is 14.6 Å². The summed E-state index contributed by atoms with van der Waals surface area (Å²) in [7, 11) is 1.58. The number of nitrogens with zero attached hydrogens (tertiary/aromatic N) is 3. The minimum atomic E-state index is -1.29. The summed E-state index contributed by atoms with van der Waals surface area (Å²) in [6, 6.07) is 11.3. The van der Waals surface area contributed by atoms with Crippen molar-refractivity contribution in [3.05, 3.63) is 59.0 Å². The van der Waals surface area contributed by atoms with Crippen LogP contribution in [0.3, 0.4) is 0 Å². The Labute approximate surface area is 162 Å². The summed E-state index contributed by atoms with van der Waals surface area (Å²) < 4.78 is 5.45. The van der Waals surface area contributed by atoms with E-state index in [1.807, 2.05) is 13.0 Å². The zero-order chi connectivity index (χ0) is 20.5. The lowest BCUT2D eigenvalue weighted by Gasteiger charge is -2.23. The number of aryl methyl sites for hydroxylation is 1. The number of carbonyl (C=O) groups is 3. The molecule has 1 N–H and O–H groups in total. The highest BCUT2D eigenvalue weighted by atomic mass is 16.3. The Morgan fingerprint density at radius 3 is 2.50 bits per heavy atom. The number of nitrogens with one attached hydrogen (secondary N) is 1. The molecule has 2 heterocycles. The number of benzene rings is 1. The van der Waals surface area contributed by atoms with Crippen LogP contribution in [0.4, 0.5) is 4.79 Å². The summed E-state index contributed by atoms with van der Waals surface area (Å²) in [5.41, 5.74) is -0.299. The highest BCUT2D eigenvalue weighted by molar-refractivity contribution is 6.09.